The summed E-state index contributed by atoms with van der Waals surface area (Å²) in [6.07, 6.45) is 0.684. The third-order valence-corrected chi connectivity index (χ3v) is 4.27. The number of carbonyl (C=O) groups excluding carboxylic acids is 2. The Morgan fingerprint density at radius 3 is 1.93 bits per heavy atom. The summed E-state index contributed by atoms with van der Waals surface area (Å²) in [5.41, 5.74) is 2.71. The normalized spacial score (nSPS) is 11.4. The molecular formula is C23H22N2O2. The van der Waals surface area contributed by atoms with Gasteiger partial charge in [-0.2, -0.15) is 0 Å². The van der Waals surface area contributed by atoms with Crippen molar-refractivity contribution in [3.05, 3.63) is 108 Å². The number of amides is 2. The minimum absolute atomic E-state index is 0.0636. The maximum absolute atomic E-state index is 12.4. The summed E-state index contributed by atoms with van der Waals surface area (Å²) in [5.74, 6) is -0.478. The Kier molecular flexibility index (Phi) is 6.36. The van der Waals surface area contributed by atoms with Crippen LogP contribution in [-0.2, 0) is 11.2 Å². The zero-order valence-corrected chi connectivity index (χ0v) is 15.0. The molecule has 3 aromatic carbocycles. The van der Waals surface area contributed by atoms with Gasteiger partial charge in [0.15, 0.2) is 0 Å². The zero-order valence-electron chi connectivity index (χ0n) is 15.0. The molecule has 0 fully saturated rings. The SMILES string of the molecule is O=C(CNC(=O)c1ccccc1)NC(Cc1ccccc1)c1ccccc1. The van der Waals surface area contributed by atoms with Crippen LogP contribution in [-0.4, -0.2) is 18.4 Å². The average molecular weight is 358 g/mol. The molecule has 3 rings (SSSR count). The van der Waals surface area contributed by atoms with E-state index < -0.39 is 0 Å². The first-order valence-electron chi connectivity index (χ1n) is 8.94. The van der Waals surface area contributed by atoms with E-state index >= 15 is 0 Å². The zero-order chi connectivity index (χ0) is 18.9. The van der Waals surface area contributed by atoms with E-state index in [1.165, 1.54) is 0 Å². The Hall–Kier alpha value is -3.40. The van der Waals surface area contributed by atoms with Crippen molar-refractivity contribution in [2.45, 2.75) is 12.5 Å². The molecule has 4 heteroatoms. The van der Waals surface area contributed by atoms with Crippen molar-refractivity contribution in [2.75, 3.05) is 6.54 Å². The van der Waals surface area contributed by atoms with Crippen molar-refractivity contribution in [2.24, 2.45) is 0 Å². The summed E-state index contributed by atoms with van der Waals surface area (Å²) in [6.45, 7) is -0.0636. The average Bonchev–Trinajstić information content (AvgIpc) is 2.73. The van der Waals surface area contributed by atoms with Crippen molar-refractivity contribution >= 4 is 11.8 Å². The molecule has 2 amide bonds. The van der Waals surface area contributed by atoms with E-state index in [4.69, 9.17) is 0 Å². The van der Waals surface area contributed by atoms with Crippen LogP contribution >= 0.6 is 0 Å². The largest absolute Gasteiger partial charge is 0.347 e. The van der Waals surface area contributed by atoms with E-state index in [1.54, 1.807) is 24.3 Å². The van der Waals surface area contributed by atoms with Gasteiger partial charge in [-0.3, -0.25) is 9.59 Å². The molecule has 0 radical (unpaired) electrons. The molecule has 3 aromatic rings. The highest BCUT2D eigenvalue weighted by Crippen LogP contribution is 2.18. The summed E-state index contributed by atoms with van der Waals surface area (Å²) in [7, 11) is 0. The van der Waals surface area contributed by atoms with Crippen molar-refractivity contribution in [3.8, 4) is 0 Å². The number of hydrogen-bond acceptors (Lipinski definition) is 2. The quantitative estimate of drug-likeness (QED) is 0.679. The Bertz CT molecular complexity index is 865. The molecule has 0 aliphatic rings. The van der Waals surface area contributed by atoms with E-state index in [9.17, 15) is 9.59 Å². The molecule has 0 saturated heterocycles. The van der Waals surface area contributed by atoms with Crippen LogP contribution in [0.2, 0.25) is 0 Å². The lowest BCUT2D eigenvalue weighted by Gasteiger charge is -2.20. The number of carbonyl (C=O) groups is 2. The fraction of sp³-hybridized carbons (Fsp3) is 0.130. The van der Waals surface area contributed by atoms with E-state index in [0.29, 0.717) is 12.0 Å². The second-order valence-electron chi connectivity index (χ2n) is 6.27. The topological polar surface area (TPSA) is 58.2 Å². The first-order valence-corrected chi connectivity index (χ1v) is 8.94. The van der Waals surface area contributed by atoms with E-state index in [-0.39, 0.29) is 24.4 Å². The first-order chi connectivity index (χ1) is 13.2. The molecule has 1 atom stereocenters. The van der Waals surface area contributed by atoms with Crippen molar-refractivity contribution in [1.82, 2.24) is 10.6 Å². The minimum Gasteiger partial charge on any atom is -0.347 e. The highest BCUT2D eigenvalue weighted by Gasteiger charge is 2.16. The van der Waals surface area contributed by atoms with Gasteiger partial charge in [0.1, 0.15) is 0 Å². The first kappa shape index (κ1) is 18.4. The van der Waals surface area contributed by atoms with Crippen LogP contribution in [0, 0.1) is 0 Å². The lowest BCUT2D eigenvalue weighted by molar-refractivity contribution is -0.120. The van der Waals surface area contributed by atoms with Crippen molar-refractivity contribution < 1.29 is 9.59 Å². The second-order valence-corrected chi connectivity index (χ2v) is 6.27. The van der Waals surface area contributed by atoms with Crippen molar-refractivity contribution in [3.63, 3.8) is 0 Å². The maximum atomic E-state index is 12.4. The van der Waals surface area contributed by atoms with Crippen LogP contribution in [0.25, 0.3) is 0 Å². The van der Waals surface area contributed by atoms with Gasteiger partial charge in [0.2, 0.25) is 5.91 Å². The molecule has 0 aromatic heterocycles. The van der Waals surface area contributed by atoms with Gasteiger partial charge in [-0.25, -0.2) is 0 Å². The Morgan fingerprint density at radius 1 is 0.741 bits per heavy atom. The monoisotopic (exact) mass is 358 g/mol. The predicted molar refractivity (Wildman–Crippen MR) is 106 cm³/mol. The Labute approximate surface area is 159 Å². The molecule has 1 unspecified atom stereocenters. The van der Waals surface area contributed by atoms with Crippen LogP contribution in [0.3, 0.4) is 0 Å². The number of rotatable bonds is 7. The van der Waals surface area contributed by atoms with Crippen LogP contribution in [0.1, 0.15) is 27.5 Å². The smallest absolute Gasteiger partial charge is 0.251 e. The van der Waals surface area contributed by atoms with Gasteiger partial charge >= 0.3 is 0 Å². The Balaban J connectivity index is 1.63. The maximum Gasteiger partial charge on any atom is 0.251 e. The van der Waals surface area contributed by atoms with Crippen LogP contribution in [0.15, 0.2) is 91.0 Å². The van der Waals surface area contributed by atoms with E-state index in [1.807, 2.05) is 66.7 Å². The summed E-state index contributed by atoms with van der Waals surface area (Å²) < 4.78 is 0. The minimum atomic E-state index is -0.259. The standard InChI is InChI=1S/C23H22N2O2/c26-22(17-24-23(27)20-14-8-3-9-15-20)25-21(19-12-6-2-7-13-19)16-18-10-4-1-5-11-18/h1-15,21H,16-17H2,(H,24,27)(H,25,26). The fourth-order valence-electron chi connectivity index (χ4n) is 2.88. The summed E-state index contributed by atoms with van der Waals surface area (Å²) in [6, 6.07) is 28.6. The lowest BCUT2D eigenvalue weighted by atomic mass is 9.99. The molecule has 27 heavy (non-hydrogen) atoms. The van der Waals surface area contributed by atoms with Gasteiger partial charge in [0.05, 0.1) is 12.6 Å². The predicted octanol–water partition coefficient (Wildman–Crippen LogP) is 3.52. The molecule has 0 aliphatic heterocycles. The second kappa shape index (κ2) is 9.34. The molecule has 2 N–H and O–H groups in total. The molecule has 4 nitrogen and oxygen atoms in total. The highest BCUT2D eigenvalue weighted by molar-refractivity contribution is 5.96. The number of benzene rings is 3. The number of nitrogens with one attached hydrogen (secondary N) is 2. The van der Waals surface area contributed by atoms with Gasteiger partial charge < -0.3 is 10.6 Å². The summed E-state index contributed by atoms with van der Waals surface area (Å²) in [4.78, 5) is 24.5. The summed E-state index contributed by atoms with van der Waals surface area (Å²) in [5, 5.41) is 5.70. The number of hydrogen-bond donors (Lipinski definition) is 2. The van der Waals surface area contributed by atoms with E-state index in [0.717, 1.165) is 11.1 Å². The van der Waals surface area contributed by atoms with Crippen molar-refractivity contribution in [1.29, 1.82) is 0 Å². The molecule has 0 spiro atoms. The fourth-order valence-corrected chi connectivity index (χ4v) is 2.88. The molecule has 136 valence electrons. The molecule has 0 heterocycles. The van der Waals surface area contributed by atoms with Gasteiger partial charge in [-0.1, -0.05) is 78.9 Å². The Morgan fingerprint density at radius 2 is 1.30 bits per heavy atom. The van der Waals surface area contributed by atoms with Gasteiger partial charge in [-0.15, -0.1) is 0 Å². The van der Waals surface area contributed by atoms with Gasteiger partial charge in [-0.05, 0) is 29.7 Å². The third-order valence-electron chi connectivity index (χ3n) is 4.27. The van der Waals surface area contributed by atoms with Gasteiger partial charge in [0, 0.05) is 5.56 Å². The third kappa shape index (κ3) is 5.54. The summed E-state index contributed by atoms with van der Waals surface area (Å²) >= 11 is 0. The van der Waals surface area contributed by atoms with E-state index in [2.05, 4.69) is 10.6 Å². The van der Waals surface area contributed by atoms with Gasteiger partial charge in [0.25, 0.3) is 5.91 Å². The highest BCUT2D eigenvalue weighted by atomic mass is 16.2. The van der Waals surface area contributed by atoms with Crippen LogP contribution in [0.4, 0.5) is 0 Å². The molecular weight excluding hydrogens is 336 g/mol. The van der Waals surface area contributed by atoms with Crippen LogP contribution in [0.5, 0.6) is 0 Å². The van der Waals surface area contributed by atoms with Crippen LogP contribution < -0.4 is 10.6 Å². The molecule has 0 bridgehead atoms. The molecule has 0 saturated carbocycles. The molecule has 0 aliphatic carbocycles. The lowest BCUT2D eigenvalue weighted by Crippen LogP contribution is -2.39.